The zero-order valence-electron chi connectivity index (χ0n) is 15.4. The highest BCUT2D eigenvalue weighted by Gasteiger charge is 2.31. The first-order valence-corrected chi connectivity index (χ1v) is 9.42. The van der Waals surface area contributed by atoms with Crippen molar-refractivity contribution in [1.29, 1.82) is 0 Å². The second kappa shape index (κ2) is 6.98. The fourth-order valence-electron chi connectivity index (χ4n) is 4.03. The molecule has 0 radical (unpaired) electrons. The molecule has 0 spiro atoms. The van der Waals surface area contributed by atoms with Gasteiger partial charge >= 0.3 is 0 Å². The lowest BCUT2D eigenvalue weighted by molar-refractivity contribution is 0.196. The molecule has 4 aromatic rings. The third-order valence-corrected chi connectivity index (χ3v) is 5.31. The summed E-state index contributed by atoms with van der Waals surface area (Å²) in [5.74, 6) is 1.19. The van der Waals surface area contributed by atoms with E-state index in [9.17, 15) is 5.11 Å². The van der Waals surface area contributed by atoms with Crippen molar-refractivity contribution in [2.75, 3.05) is 6.54 Å². The van der Waals surface area contributed by atoms with Gasteiger partial charge in [-0.15, -0.1) is 0 Å². The molecule has 140 valence electrons. The molecular formula is C22H21N5O. The van der Waals surface area contributed by atoms with E-state index < -0.39 is 0 Å². The summed E-state index contributed by atoms with van der Waals surface area (Å²) in [6, 6.07) is 17.6. The molecule has 6 nitrogen and oxygen atoms in total. The molecule has 0 fully saturated rings. The number of benzene rings is 1. The minimum absolute atomic E-state index is 0.00539. The zero-order chi connectivity index (χ0) is 18.9. The molecule has 0 aliphatic carbocycles. The van der Waals surface area contributed by atoms with Crippen molar-refractivity contribution in [1.82, 2.24) is 24.4 Å². The van der Waals surface area contributed by atoms with Gasteiger partial charge in [0.05, 0.1) is 18.1 Å². The van der Waals surface area contributed by atoms with Gasteiger partial charge < -0.3 is 14.7 Å². The van der Waals surface area contributed by atoms with Gasteiger partial charge in [-0.1, -0.05) is 18.2 Å². The van der Waals surface area contributed by atoms with Crippen molar-refractivity contribution in [2.45, 2.75) is 19.0 Å². The van der Waals surface area contributed by atoms with Crippen LogP contribution in [0.2, 0.25) is 0 Å². The van der Waals surface area contributed by atoms with Gasteiger partial charge in [0.1, 0.15) is 11.6 Å². The largest absolute Gasteiger partial charge is 0.508 e. The smallest absolute Gasteiger partial charge is 0.136 e. The number of hydrogen-bond acceptors (Lipinski definition) is 4. The predicted octanol–water partition coefficient (Wildman–Crippen LogP) is 3.45. The summed E-state index contributed by atoms with van der Waals surface area (Å²) in [5.41, 5.74) is 4.42. The van der Waals surface area contributed by atoms with Crippen LogP contribution in [0.4, 0.5) is 0 Å². The Morgan fingerprint density at radius 1 is 1.07 bits per heavy atom. The van der Waals surface area contributed by atoms with Crippen LogP contribution in [0.1, 0.15) is 28.7 Å². The Labute approximate surface area is 163 Å². The number of hydrogen-bond donors (Lipinski definition) is 2. The fourth-order valence-corrected chi connectivity index (χ4v) is 4.03. The van der Waals surface area contributed by atoms with E-state index in [1.165, 1.54) is 11.4 Å². The van der Waals surface area contributed by atoms with Crippen molar-refractivity contribution in [3.05, 3.63) is 96.0 Å². The Bertz CT molecular complexity index is 1090. The third kappa shape index (κ3) is 2.97. The number of imidazole rings is 1. The quantitative estimate of drug-likeness (QED) is 0.576. The van der Waals surface area contributed by atoms with E-state index in [0.717, 1.165) is 36.6 Å². The molecule has 1 atom stereocenters. The summed E-state index contributed by atoms with van der Waals surface area (Å²) in [5, 5.41) is 10.0. The van der Waals surface area contributed by atoms with Crippen LogP contribution in [0.25, 0.3) is 5.82 Å². The summed E-state index contributed by atoms with van der Waals surface area (Å²) in [7, 11) is 0. The molecular weight excluding hydrogens is 350 g/mol. The number of pyridine rings is 1. The summed E-state index contributed by atoms with van der Waals surface area (Å²) in [6.07, 6.45) is 6.55. The molecule has 6 heteroatoms. The monoisotopic (exact) mass is 371 g/mol. The number of nitrogens with zero attached hydrogens (tertiary/aromatic N) is 4. The van der Waals surface area contributed by atoms with E-state index >= 15 is 0 Å². The van der Waals surface area contributed by atoms with E-state index in [1.807, 2.05) is 42.7 Å². The van der Waals surface area contributed by atoms with Crippen LogP contribution in [0, 0.1) is 0 Å². The second-order valence-corrected chi connectivity index (χ2v) is 7.04. The van der Waals surface area contributed by atoms with Crippen LogP contribution in [0.15, 0.2) is 73.3 Å². The Morgan fingerprint density at radius 3 is 2.89 bits per heavy atom. The number of aromatic hydroxyl groups is 1. The highest BCUT2D eigenvalue weighted by Crippen LogP contribution is 2.35. The maximum Gasteiger partial charge on any atom is 0.136 e. The number of rotatable bonds is 4. The maximum atomic E-state index is 10.0. The van der Waals surface area contributed by atoms with Gasteiger partial charge in [0.25, 0.3) is 0 Å². The lowest BCUT2D eigenvalue weighted by Gasteiger charge is -2.35. The number of fused-ring (bicyclic) bond motifs is 1. The van der Waals surface area contributed by atoms with Crippen LogP contribution in [-0.4, -0.2) is 36.1 Å². The van der Waals surface area contributed by atoms with Gasteiger partial charge in [-0.05, 0) is 42.0 Å². The Morgan fingerprint density at radius 2 is 2.04 bits per heavy atom. The number of phenols is 1. The molecule has 2 N–H and O–H groups in total. The molecule has 28 heavy (non-hydrogen) atoms. The number of nitrogens with one attached hydrogen (secondary N) is 1. The molecule has 1 aromatic carbocycles. The third-order valence-electron chi connectivity index (χ3n) is 5.31. The van der Waals surface area contributed by atoms with Crippen molar-refractivity contribution in [3.63, 3.8) is 0 Å². The van der Waals surface area contributed by atoms with Gasteiger partial charge in [-0.2, -0.15) is 0 Å². The Balaban J connectivity index is 1.52. The SMILES string of the molecule is Oc1cccc([C@@H]2c3nc[nH]c3CCN2Cc2cccn2-c2ccccn2)c1. The fraction of sp³-hybridized carbons (Fsp3) is 0.182. The van der Waals surface area contributed by atoms with Crippen LogP contribution >= 0.6 is 0 Å². The van der Waals surface area contributed by atoms with Gasteiger partial charge in [0, 0.05) is 43.3 Å². The normalized spacial score (nSPS) is 16.8. The van der Waals surface area contributed by atoms with Crippen molar-refractivity contribution in [2.24, 2.45) is 0 Å². The number of aromatic amines is 1. The summed E-state index contributed by atoms with van der Waals surface area (Å²) < 4.78 is 2.12. The summed E-state index contributed by atoms with van der Waals surface area (Å²) in [4.78, 5) is 14.8. The average Bonchev–Trinajstić information content (AvgIpc) is 3.38. The van der Waals surface area contributed by atoms with E-state index in [4.69, 9.17) is 0 Å². The Kier molecular flexibility index (Phi) is 4.18. The highest BCUT2D eigenvalue weighted by atomic mass is 16.3. The van der Waals surface area contributed by atoms with Crippen molar-refractivity contribution < 1.29 is 5.11 Å². The lowest BCUT2D eigenvalue weighted by atomic mass is 9.95. The van der Waals surface area contributed by atoms with Crippen LogP contribution in [-0.2, 0) is 13.0 Å². The number of H-pyrrole nitrogens is 1. The molecule has 0 unspecified atom stereocenters. The van der Waals surface area contributed by atoms with Crippen LogP contribution in [0.3, 0.4) is 0 Å². The number of aromatic nitrogens is 4. The second-order valence-electron chi connectivity index (χ2n) is 7.04. The molecule has 0 amide bonds. The van der Waals surface area contributed by atoms with E-state index in [-0.39, 0.29) is 11.8 Å². The first-order chi connectivity index (χ1) is 13.8. The molecule has 5 rings (SSSR count). The van der Waals surface area contributed by atoms with Gasteiger partial charge in [-0.25, -0.2) is 9.97 Å². The molecule has 0 saturated heterocycles. The molecule has 0 saturated carbocycles. The van der Waals surface area contributed by atoms with E-state index in [2.05, 4.69) is 42.6 Å². The number of phenolic OH excluding ortho intramolecular Hbond substituents is 1. The van der Waals surface area contributed by atoms with E-state index in [0.29, 0.717) is 0 Å². The van der Waals surface area contributed by atoms with Gasteiger partial charge in [0.15, 0.2) is 0 Å². The van der Waals surface area contributed by atoms with Crippen LogP contribution in [0.5, 0.6) is 5.75 Å². The highest BCUT2D eigenvalue weighted by molar-refractivity contribution is 5.37. The standard InChI is InChI=1S/C22H21N5O/c28-18-7-3-5-16(13-18)22-21-19(24-15-25-21)9-12-26(22)14-17-6-4-11-27(17)20-8-1-2-10-23-20/h1-8,10-11,13,15,22,28H,9,12,14H2,(H,24,25)/t22-/m1/s1. The van der Waals surface area contributed by atoms with Crippen LogP contribution < -0.4 is 0 Å². The molecule has 4 heterocycles. The first-order valence-electron chi connectivity index (χ1n) is 9.42. The summed E-state index contributed by atoms with van der Waals surface area (Å²) in [6.45, 7) is 1.67. The summed E-state index contributed by atoms with van der Waals surface area (Å²) >= 11 is 0. The minimum Gasteiger partial charge on any atom is -0.508 e. The molecule has 3 aromatic heterocycles. The Hall–Kier alpha value is -3.38. The van der Waals surface area contributed by atoms with E-state index in [1.54, 1.807) is 12.4 Å². The zero-order valence-corrected chi connectivity index (χ0v) is 15.4. The molecule has 1 aliphatic rings. The minimum atomic E-state index is -0.00539. The van der Waals surface area contributed by atoms with Gasteiger partial charge in [0.2, 0.25) is 0 Å². The van der Waals surface area contributed by atoms with Crippen molar-refractivity contribution in [3.8, 4) is 11.6 Å². The lowest BCUT2D eigenvalue weighted by Crippen LogP contribution is -2.36. The maximum absolute atomic E-state index is 10.0. The predicted molar refractivity (Wildman–Crippen MR) is 106 cm³/mol. The average molecular weight is 371 g/mol. The van der Waals surface area contributed by atoms with Gasteiger partial charge in [-0.3, -0.25) is 4.90 Å². The molecule has 1 aliphatic heterocycles. The van der Waals surface area contributed by atoms with Crippen molar-refractivity contribution >= 4 is 0 Å². The molecule has 0 bridgehead atoms. The topological polar surface area (TPSA) is 70.0 Å². The first kappa shape index (κ1) is 16.8.